The molecule has 0 spiro atoms. The molecule has 0 radical (unpaired) electrons. The van der Waals surface area contributed by atoms with Crippen LogP contribution in [0, 0.1) is 5.92 Å². The van der Waals surface area contributed by atoms with Crippen LogP contribution in [0.5, 0.6) is 0 Å². The van der Waals surface area contributed by atoms with Crippen LogP contribution in [0.1, 0.15) is 46.5 Å². The Morgan fingerprint density at radius 3 is 2.23 bits per heavy atom. The molecule has 2 aliphatic heterocycles. The summed E-state index contributed by atoms with van der Waals surface area (Å²) in [7, 11) is -4.56. The highest BCUT2D eigenvalue weighted by Gasteiger charge is 2.41. The fourth-order valence-electron chi connectivity index (χ4n) is 3.84. The number of allylic oxidation sites excluding steroid dienone is 1. The standard InChI is InChI=1S/C22H35BCl3N3O9S/c1-21(2,3)36-20(32)29-11-9-16(10-12-29)7-5-6-8-17(27-39(33,34)35-15-22(24,25)26)23-37-18(30)13-28(4)14-19(31)38-23/h6,8,16-17,27H,5,7,9-15H2,1-4H3/b8-6+. The van der Waals surface area contributed by atoms with E-state index in [-0.39, 0.29) is 19.2 Å². The first-order valence-electron chi connectivity index (χ1n) is 12.4. The van der Waals surface area contributed by atoms with Gasteiger partial charge in [0.2, 0.25) is 3.79 Å². The number of halogens is 3. The maximum atomic E-state index is 12.5. The molecule has 0 saturated carbocycles. The quantitative estimate of drug-likeness (QED) is 0.229. The van der Waals surface area contributed by atoms with Crippen LogP contribution in [-0.2, 0) is 38.1 Å². The lowest BCUT2D eigenvalue weighted by molar-refractivity contribution is -0.145. The van der Waals surface area contributed by atoms with Crippen LogP contribution in [0.3, 0.4) is 0 Å². The Kier molecular flexibility index (Phi) is 12.7. The number of alkyl halides is 3. The Hall–Kier alpha value is -1.29. The van der Waals surface area contributed by atoms with Gasteiger partial charge in [0.05, 0.1) is 13.1 Å². The van der Waals surface area contributed by atoms with Gasteiger partial charge in [-0.1, -0.05) is 47.0 Å². The summed E-state index contributed by atoms with van der Waals surface area (Å²) >= 11 is 16.7. The lowest BCUT2D eigenvalue weighted by Crippen LogP contribution is -2.53. The Labute approximate surface area is 244 Å². The number of likely N-dealkylation sites (tertiary alicyclic amines) is 1. The minimum Gasteiger partial charge on any atom is -0.497 e. The van der Waals surface area contributed by atoms with Gasteiger partial charge >= 0.3 is 35.5 Å². The fourth-order valence-corrected chi connectivity index (χ4v) is 5.12. The molecular formula is C22H35BCl3N3O9S. The molecule has 0 aliphatic carbocycles. The fraction of sp³-hybridized carbons (Fsp3) is 0.773. The molecule has 0 aromatic rings. The van der Waals surface area contributed by atoms with Gasteiger partial charge in [0.25, 0.3) is 0 Å². The normalized spacial score (nSPS) is 19.9. The molecule has 222 valence electrons. The van der Waals surface area contributed by atoms with E-state index in [4.69, 9.17) is 53.0 Å². The zero-order valence-corrected chi connectivity index (χ0v) is 25.4. The minimum atomic E-state index is -4.51. The zero-order valence-electron chi connectivity index (χ0n) is 22.4. The highest BCUT2D eigenvalue weighted by molar-refractivity contribution is 7.84. The van der Waals surface area contributed by atoms with Gasteiger partial charge in [0.1, 0.15) is 18.1 Å². The first kappa shape index (κ1) is 33.9. The minimum absolute atomic E-state index is 0.194. The van der Waals surface area contributed by atoms with Crippen molar-refractivity contribution in [2.75, 3.05) is 39.8 Å². The molecule has 2 heterocycles. The summed E-state index contributed by atoms with van der Waals surface area (Å²) in [4.78, 5) is 39.7. The number of carbonyl (C=O) groups is 3. The lowest BCUT2D eigenvalue weighted by atomic mass is 9.78. The predicted octanol–water partition coefficient (Wildman–Crippen LogP) is 2.62. The van der Waals surface area contributed by atoms with Gasteiger partial charge in [0.15, 0.2) is 0 Å². The Bertz CT molecular complexity index is 977. The number of rotatable bonds is 9. The SMILES string of the molecule is CN1CC(=O)OB(C(/C=C/CCC2CCN(C(=O)OC(C)(C)C)CC2)NS(=O)(=O)OCC(Cl)(Cl)Cl)OC(=O)C1. The van der Waals surface area contributed by atoms with Gasteiger partial charge in [-0.15, -0.1) is 0 Å². The molecule has 2 rings (SSSR count). The number of hydrogen-bond donors (Lipinski definition) is 1. The number of likely N-dealkylation sites (N-methyl/N-ethyl adjacent to an activating group) is 1. The number of piperidine rings is 1. The van der Waals surface area contributed by atoms with Crippen molar-refractivity contribution in [1.82, 2.24) is 14.5 Å². The molecule has 0 bridgehead atoms. The van der Waals surface area contributed by atoms with Gasteiger partial charge < -0.3 is 18.9 Å². The van der Waals surface area contributed by atoms with Crippen LogP contribution in [0.15, 0.2) is 12.2 Å². The van der Waals surface area contributed by atoms with Crippen molar-refractivity contribution < 1.29 is 41.0 Å². The molecule has 1 unspecified atom stereocenters. The number of amides is 1. The number of hydrogen-bond acceptors (Lipinski definition) is 10. The van der Waals surface area contributed by atoms with E-state index >= 15 is 0 Å². The van der Waals surface area contributed by atoms with Gasteiger partial charge in [-0.05, 0) is 59.4 Å². The topological polar surface area (TPSA) is 141 Å². The third-order valence-electron chi connectivity index (χ3n) is 5.60. The van der Waals surface area contributed by atoms with Crippen molar-refractivity contribution in [3.63, 3.8) is 0 Å². The van der Waals surface area contributed by atoms with E-state index < -0.39 is 51.3 Å². The lowest BCUT2D eigenvalue weighted by Gasteiger charge is -2.33. The number of nitrogens with one attached hydrogen (secondary N) is 1. The van der Waals surface area contributed by atoms with Gasteiger partial charge in [-0.2, -0.15) is 13.1 Å². The van der Waals surface area contributed by atoms with E-state index in [0.717, 1.165) is 19.3 Å². The van der Waals surface area contributed by atoms with E-state index in [1.165, 1.54) is 18.0 Å². The van der Waals surface area contributed by atoms with Crippen LogP contribution in [0.4, 0.5) is 4.79 Å². The summed E-state index contributed by atoms with van der Waals surface area (Å²) in [6, 6.07) is 0. The highest BCUT2D eigenvalue weighted by Crippen LogP contribution is 2.27. The van der Waals surface area contributed by atoms with E-state index in [1.807, 2.05) is 20.8 Å². The second kappa shape index (κ2) is 14.6. The van der Waals surface area contributed by atoms with Gasteiger partial charge in [-0.3, -0.25) is 18.7 Å². The average molecular weight is 635 g/mol. The summed E-state index contributed by atoms with van der Waals surface area (Å²) in [6.07, 6.45) is 5.66. The van der Waals surface area contributed by atoms with E-state index in [9.17, 15) is 22.8 Å². The maximum absolute atomic E-state index is 12.5. The van der Waals surface area contributed by atoms with Crippen LogP contribution in [0.2, 0.25) is 0 Å². The van der Waals surface area contributed by atoms with Gasteiger partial charge in [-0.25, -0.2) is 4.79 Å². The summed E-state index contributed by atoms with van der Waals surface area (Å²) in [5.41, 5.74) is -0.558. The smallest absolute Gasteiger partial charge is 0.497 e. The van der Waals surface area contributed by atoms with Crippen molar-refractivity contribution in [2.24, 2.45) is 5.92 Å². The predicted molar refractivity (Wildman–Crippen MR) is 146 cm³/mol. The summed E-state index contributed by atoms with van der Waals surface area (Å²) in [5.74, 6) is -2.41. The second-order valence-corrected chi connectivity index (χ2v) is 14.3. The summed E-state index contributed by atoms with van der Waals surface area (Å²) < 4.78 is 45.7. The molecule has 2 aliphatic rings. The first-order valence-corrected chi connectivity index (χ1v) is 14.9. The van der Waals surface area contributed by atoms with Crippen LogP contribution in [-0.4, -0.2) is 98.5 Å². The molecule has 0 aromatic heterocycles. The molecule has 1 N–H and O–H groups in total. The van der Waals surface area contributed by atoms with Gasteiger partial charge in [0, 0.05) is 13.1 Å². The van der Waals surface area contributed by atoms with Crippen molar-refractivity contribution in [3.05, 3.63) is 12.2 Å². The van der Waals surface area contributed by atoms with Crippen LogP contribution < -0.4 is 4.72 Å². The second-order valence-electron chi connectivity index (χ2n) is 10.4. The van der Waals surface area contributed by atoms with Crippen molar-refractivity contribution in [3.8, 4) is 0 Å². The average Bonchev–Trinajstić information content (AvgIpc) is 2.77. The Balaban J connectivity index is 2.02. The van der Waals surface area contributed by atoms with E-state index in [1.54, 1.807) is 11.0 Å². The molecule has 17 heteroatoms. The van der Waals surface area contributed by atoms with Crippen molar-refractivity contribution >= 4 is 70.3 Å². The molecule has 2 fully saturated rings. The molecule has 12 nitrogen and oxygen atoms in total. The van der Waals surface area contributed by atoms with E-state index in [0.29, 0.717) is 25.4 Å². The molecule has 1 amide bonds. The van der Waals surface area contributed by atoms with E-state index in [2.05, 4.69) is 4.72 Å². The third-order valence-corrected chi connectivity index (χ3v) is 6.91. The van der Waals surface area contributed by atoms with Crippen LogP contribution >= 0.6 is 34.8 Å². The molecular weight excluding hydrogens is 599 g/mol. The maximum Gasteiger partial charge on any atom is 0.622 e. The summed E-state index contributed by atoms with van der Waals surface area (Å²) in [6.45, 7) is 5.45. The largest absolute Gasteiger partial charge is 0.622 e. The molecule has 1 atom stereocenters. The highest BCUT2D eigenvalue weighted by atomic mass is 35.6. The zero-order chi connectivity index (χ0) is 29.4. The monoisotopic (exact) mass is 633 g/mol. The molecule has 2 saturated heterocycles. The first-order chi connectivity index (χ1) is 17.9. The Morgan fingerprint density at radius 2 is 1.72 bits per heavy atom. The number of carbonyl (C=O) groups excluding carboxylic acids is 3. The molecule has 0 aromatic carbocycles. The number of ether oxygens (including phenoxy) is 1. The van der Waals surface area contributed by atoms with Crippen LogP contribution in [0.25, 0.3) is 0 Å². The van der Waals surface area contributed by atoms with Crippen molar-refractivity contribution in [2.45, 2.75) is 61.8 Å². The number of nitrogens with zero attached hydrogens (tertiary/aromatic N) is 2. The third kappa shape index (κ3) is 13.8. The molecule has 39 heavy (non-hydrogen) atoms. The summed E-state index contributed by atoms with van der Waals surface area (Å²) in [5, 5.41) is 0. The Morgan fingerprint density at radius 1 is 1.15 bits per heavy atom. The van der Waals surface area contributed by atoms with Crippen molar-refractivity contribution in [1.29, 1.82) is 0 Å².